The minimum atomic E-state index is -0.569. The molecule has 1 aromatic rings. The molecule has 0 aliphatic carbocycles. The molecular weight excluding hydrogens is 264 g/mol. The zero-order valence-corrected chi connectivity index (χ0v) is 11.8. The summed E-state index contributed by atoms with van der Waals surface area (Å²) in [5, 5.41) is 0. The molecular formula is C14H18O6. The Kier molecular flexibility index (Phi) is 6.55. The molecule has 110 valence electrons. The molecule has 1 aromatic carbocycles. The van der Waals surface area contributed by atoms with Crippen molar-refractivity contribution in [3.05, 3.63) is 30.3 Å². The number of rotatable bonds is 8. The molecule has 0 unspecified atom stereocenters. The van der Waals surface area contributed by atoms with Crippen molar-refractivity contribution >= 4 is 11.5 Å². The Morgan fingerprint density at radius 3 is 1.95 bits per heavy atom. The summed E-state index contributed by atoms with van der Waals surface area (Å²) in [7, 11) is 4.28. The Morgan fingerprint density at radius 1 is 1.05 bits per heavy atom. The third-order valence-electron chi connectivity index (χ3n) is 2.39. The second kappa shape index (κ2) is 8.19. The summed E-state index contributed by atoms with van der Waals surface area (Å²) >= 11 is 0. The van der Waals surface area contributed by atoms with Crippen LogP contribution >= 0.6 is 0 Å². The molecule has 0 bridgehead atoms. The molecule has 0 N–H and O–H groups in total. The van der Waals surface area contributed by atoms with Gasteiger partial charge in [-0.15, -0.1) is 0 Å². The second-order valence-corrected chi connectivity index (χ2v) is 3.70. The van der Waals surface area contributed by atoms with Crippen LogP contribution in [0.1, 0.15) is 5.56 Å². The Bertz CT molecular complexity index is 442. The lowest BCUT2D eigenvalue weighted by atomic mass is 10.1. The van der Waals surface area contributed by atoms with Crippen LogP contribution in [-0.2, 0) is 19.0 Å². The number of benzene rings is 1. The maximum absolute atomic E-state index is 11.7. The minimum absolute atomic E-state index is 0.0369. The number of carbonyl (C=O) groups is 1. The Labute approximate surface area is 117 Å². The standard InChI is InChI=1S/C14H18O6/c1-10(14(15)18-4)13-11(19-8-16-2)6-5-7-12(13)20-9-17-3/h5-7H,1,8-9H2,2-4H3. The first-order chi connectivity index (χ1) is 9.65. The van der Waals surface area contributed by atoms with Gasteiger partial charge in [0.05, 0.1) is 18.2 Å². The third-order valence-corrected chi connectivity index (χ3v) is 2.39. The highest BCUT2D eigenvalue weighted by Gasteiger charge is 2.20. The van der Waals surface area contributed by atoms with E-state index in [2.05, 4.69) is 11.3 Å². The molecule has 6 nitrogen and oxygen atoms in total. The van der Waals surface area contributed by atoms with Crippen LogP contribution in [-0.4, -0.2) is 40.9 Å². The van der Waals surface area contributed by atoms with E-state index in [9.17, 15) is 4.79 Å². The molecule has 20 heavy (non-hydrogen) atoms. The van der Waals surface area contributed by atoms with Crippen LogP contribution in [0.15, 0.2) is 24.8 Å². The van der Waals surface area contributed by atoms with Crippen molar-refractivity contribution in [2.24, 2.45) is 0 Å². The number of ether oxygens (including phenoxy) is 5. The van der Waals surface area contributed by atoms with Gasteiger partial charge in [-0.1, -0.05) is 12.6 Å². The van der Waals surface area contributed by atoms with Crippen LogP contribution in [0, 0.1) is 0 Å². The summed E-state index contributed by atoms with van der Waals surface area (Å²) in [6, 6.07) is 5.09. The van der Waals surface area contributed by atoms with Gasteiger partial charge in [0.15, 0.2) is 13.6 Å². The Hall–Kier alpha value is -2.05. The monoisotopic (exact) mass is 282 g/mol. The van der Waals surface area contributed by atoms with Gasteiger partial charge in [-0.3, -0.25) is 0 Å². The fraction of sp³-hybridized carbons (Fsp3) is 0.357. The summed E-state index contributed by atoms with van der Waals surface area (Å²) in [4.78, 5) is 11.7. The van der Waals surface area contributed by atoms with Gasteiger partial charge in [0.2, 0.25) is 0 Å². The smallest absolute Gasteiger partial charge is 0.338 e. The molecule has 0 atom stereocenters. The second-order valence-electron chi connectivity index (χ2n) is 3.70. The lowest BCUT2D eigenvalue weighted by Crippen LogP contribution is -2.09. The summed E-state index contributed by atoms with van der Waals surface area (Å²) in [6.45, 7) is 3.79. The summed E-state index contributed by atoms with van der Waals surface area (Å²) in [5.74, 6) is 0.257. The zero-order valence-electron chi connectivity index (χ0n) is 11.8. The van der Waals surface area contributed by atoms with Crippen molar-refractivity contribution in [2.75, 3.05) is 34.9 Å². The lowest BCUT2D eigenvalue weighted by Gasteiger charge is -2.16. The summed E-state index contributed by atoms with van der Waals surface area (Å²) in [5.41, 5.74) is 0.541. The van der Waals surface area contributed by atoms with Gasteiger partial charge in [-0.05, 0) is 12.1 Å². The molecule has 0 aliphatic heterocycles. The van der Waals surface area contributed by atoms with Crippen molar-refractivity contribution in [3.63, 3.8) is 0 Å². The van der Waals surface area contributed by atoms with Gasteiger partial charge in [0.25, 0.3) is 0 Å². The van der Waals surface area contributed by atoms with E-state index in [0.29, 0.717) is 17.1 Å². The topological polar surface area (TPSA) is 63.2 Å². The maximum atomic E-state index is 11.7. The number of esters is 1. The van der Waals surface area contributed by atoms with Gasteiger partial charge >= 0.3 is 5.97 Å². The molecule has 0 aromatic heterocycles. The van der Waals surface area contributed by atoms with Crippen LogP contribution in [0.2, 0.25) is 0 Å². The fourth-order valence-corrected chi connectivity index (χ4v) is 1.52. The van der Waals surface area contributed by atoms with Crippen molar-refractivity contribution in [1.29, 1.82) is 0 Å². The van der Waals surface area contributed by atoms with Gasteiger partial charge in [0, 0.05) is 14.2 Å². The Morgan fingerprint density at radius 2 is 1.55 bits per heavy atom. The molecule has 6 heteroatoms. The minimum Gasteiger partial charge on any atom is -0.467 e. The average molecular weight is 282 g/mol. The van der Waals surface area contributed by atoms with Crippen molar-refractivity contribution in [3.8, 4) is 11.5 Å². The molecule has 0 saturated carbocycles. The van der Waals surface area contributed by atoms with Gasteiger partial charge in [-0.2, -0.15) is 0 Å². The van der Waals surface area contributed by atoms with Crippen LogP contribution < -0.4 is 9.47 Å². The van der Waals surface area contributed by atoms with Crippen molar-refractivity contribution in [1.82, 2.24) is 0 Å². The van der Waals surface area contributed by atoms with Crippen LogP contribution in [0.3, 0.4) is 0 Å². The van der Waals surface area contributed by atoms with E-state index >= 15 is 0 Å². The van der Waals surface area contributed by atoms with E-state index in [4.69, 9.17) is 18.9 Å². The molecule has 0 amide bonds. The predicted molar refractivity (Wildman–Crippen MR) is 72.5 cm³/mol. The first kappa shape index (κ1) is 16.0. The molecule has 0 spiro atoms. The largest absolute Gasteiger partial charge is 0.467 e. The van der Waals surface area contributed by atoms with Gasteiger partial charge in [-0.25, -0.2) is 4.79 Å². The highest BCUT2D eigenvalue weighted by Crippen LogP contribution is 2.34. The van der Waals surface area contributed by atoms with Crippen LogP contribution in [0.25, 0.3) is 5.57 Å². The lowest BCUT2D eigenvalue weighted by molar-refractivity contribution is -0.133. The van der Waals surface area contributed by atoms with E-state index < -0.39 is 5.97 Å². The third kappa shape index (κ3) is 3.97. The zero-order chi connectivity index (χ0) is 15.0. The van der Waals surface area contributed by atoms with Crippen LogP contribution in [0.5, 0.6) is 11.5 Å². The molecule has 0 heterocycles. The average Bonchev–Trinajstić information content (AvgIpc) is 2.49. The highest BCUT2D eigenvalue weighted by molar-refractivity contribution is 6.17. The summed E-state index contributed by atoms with van der Waals surface area (Å²) < 4.78 is 25.2. The molecule has 0 radical (unpaired) electrons. The van der Waals surface area contributed by atoms with Crippen molar-refractivity contribution in [2.45, 2.75) is 0 Å². The molecule has 0 saturated heterocycles. The van der Waals surface area contributed by atoms with Crippen molar-refractivity contribution < 1.29 is 28.5 Å². The van der Waals surface area contributed by atoms with E-state index in [0.717, 1.165) is 0 Å². The molecule has 1 rings (SSSR count). The quantitative estimate of drug-likeness (QED) is 0.412. The highest BCUT2D eigenvalue weighted by atomic mass is 16.7. The van der Waals surface area contributed by atoms with E-state index in [1.54, 1.807) is 18.2 Å². The van der Waals surface area contributed by atoms with E-state index in [1.165, 1.54) is 21.3 Å². The number of hydrogen-bond acceptors (Lipinski definition) is 6. The normalized spacial score (nSPS) is 9.95. The number of carbonyl (C=O) groups excluding carboxylic acids is 1. The van der Waals surface area contributed by atoms with E-state index in [1.807, 2.05) is 0 Å². The maximum Gasteiger partial charge on any atom is 0.338 e. The SMILES string of the molecule is C=C(C(=O)OC)c1c(OCOC)cccc1OCOC. The predicted octanol–water partition coefficient (Wildman–Crippen LogP) is 1.84. The summed E-state index contributed by atoms with van der Waals surface area (Å²) in [6.07, 6.45) is 0. The van der Waals surface area contributed by atoms with Gasteiger partial charge in [0.1, 0.15) is 11.5 Å². The Balaban J connectivity index is 3.16. The van der Waals surface area contributed by atoms with Gasteiger partial charge < -0.3 is 23.7 Å². The van der Waals surface area contributed by atoms with Crippen LogP contribution in [0.4, 0.5) is 0 Å². The first-order valence-corrected chi connectivity index (χ1v) is 5.79. The van der Waals surface area contributed by atoms with E-state index in [-0.39, 0.29) is 19.2 Å². The first-order valence-electron chi connectivity index (χ1n) is 5.79. The number of hydrogen-bond donors (Lipinski definition) is 0. The molecule has 0 aliphatic rings. The fourth-order valence-electron chi connectivity index (χ4n) is 1.52. The molecule has 0 fully saturated rings. The number of methoxy groups -OCH3 is 3.